The van der Waals surface area contributed by atoms with Gasteiger partial charge in [-0.05, 0) is 32.3 Å². The number of fused-ring (bicyclic) bond motifs is 1. The lowest BCUT2D eigenvalue weighted by Gasteiger charge is -2.38. The molecule has 1 aliphatic carbocycles. The van der Waals surface area contributed by atoms with E-state index in [1.54, 1.807) is 0 Å². The number of rotatable bonds is 2. The first-order valence-corrected chi connectivity index (χ1v) is 8.84. The molecule has 5 heteroatoms. The van der Waals surface area contributed by atoms with Crippen LogP contribution >= 0.6 is 0 Å². The van der Waals surface area contributed by atoms with Gasteiger partial charge in [0.15, 0.2) is 5.76 Å². The maximum atomic E-state index is 12.8. The number of benzene rings is 1. The number of furan rings is 1. The normalized spacial score (nSPS) is 25.5. The van der Waals surface area contributed by atoms with Gasteiger partial charge in [-0.3, -0.25) is 9.69 Å². The van der Waals surface area contributed by atoms with Crippen molar-refractivity contribution in [3.05, 3.63) is 35.6 Å². The van der Waals surface area contributed by atoms with Crippen molar-refractivity contribution in [3.63, 3.8) is 0 Å². The Morgan fingerprint density at radius 3 is 2.58 bits per heavy atom. The average molecular weight is 328 g/mol. The predicted octanol–water partition coefficient (Wildman–Crippen LogP) is 2.41. The molecule has 5 nitrogen and oxygen atoms in total. The highest BCUT2D eigenvalue weighted by atomic mass is 16.3. The molecule has 24 heavy (non-hydrogen) atoms. The van der Waals surface area contributed by atoms with Gasteiger partial charge in [0.2, 0.25) is 0 Å². The van der Waals surface area contributed by atoms with Crippen LogP contribution in [0.25, 0.3) is 11.0 Å². The summed E-state index contributed by atoms with van der Waals surface area (Å²) in [7, 11) is 0. The van der Waals surface area contributed by atoms with Crippen LogP contribution in [-0.4, -0.2) is 59.1 Å². The smallest absolute Gasteiger partial charge is 0.289 e. The number of amides is 1. The van der Waals surface area contributed by atoms with E-state index in [1.165, 1.54) is 0 Å². The second-order valence-electron chi connectivity index (χ2n) is 6.95. The molecule has 1 aliphatic heterocycles. The molecule has 1 amide bonds. The number of para-hydroxylation sites is 1. The first-order chi connectivity index (χ1) is 11.6. The van der Waals surface area contributed by atoms with Gasteiger partial charge in [0.05, 0.1) is 6.10 Å². The van der Waals surface area contributed by atoms with E-state index in [0.29, 0.717) is 18.8 Å². The molecule has 2 aliphatic rings. The standard InChI is InChI=1S/C19H24N2O3/c1-13-14-5-2-3-8-17(14)24-18(13)19(23)21-11-9-20(10-12-21)15-6-4-7-16(15)22/h2-3,5,8,15-16,22H,4,6-7,9-12H2,1H3/t15-,16+/m0/s1. The molecule has 1 saturated heterocycles. The summed E-state index contributed by atoms with van der Waals surface area (Å²) in [4.78, 5) is 17.1. The highest BCUT2D eigenvalue weighted by Crippen LogP contribution is 2.28. The number of hydrogen-bond donors (Lipinski definition) is 1. The molecular weight excluding hydrogens is 304 g/mol. The number of carbonyl (C=O) groups is 1. The highest BCUT2D eigenvalue weighted by molar-refractivity contribution is 5.98. The van der Waals surface area contributed by atoms with Gasteiger partial charge in [-0.25, -0.2) is 0 Å². The Hall–Kier alpha value is -1.85. The summed E-state index contributed by atoms with van der Waals surface area (Å²) in [6.07, 6.45) is 2.87. The lowest BCUT2D eigenvalue weighted by molar-refractivity contribution is 0.0302. The second-order valence-corrected chi connectivity index (χ2v) is 6.95. The maximum Gasteiger partial charge on any atom is 0.289 e. The molecule has 0 bridgehead atoms. The van der Waals surface area contributed by atoms with Gasteiger partial charge in [-0.15, -0.1) is 0 Å². The minimum absolute atomic E-state index is 0.0182. The van der Waals surface area contributed by atoms with Crippen molar-refractivity contribution in [2.45, 2.75) is 38.3 Å². The topological polar surface area (TPSA) is 56.9 Å². The van der Waals surface area contributed by atoms with Crippen LogP contribution in [0.15, 0.2) is 28.7 Å². The van der Waals surface area contributed by atoms with Crippen LogP contribution in [0.1, 0.15) is 35.4 Å². The molecule has 1 saturated carbocycles. The molecule has 128 valence electrons. The molecule has 2 aromatic rings. The minimum atomic E-state index is -0.204. The lowest BCUT2D eigenvalue weighted by Crippen LogP contribution is -2.53. The van der Waals surface area contributed by atoms with Gasteiger partial charge in [0.1, 0.15) is 5.58 Å². The Morgan fingerprint density at radius 1 is 1.17 bits per heavy atom. The van der Waals surface area contributed by atoms with Gasteiger partial charge >= 0.3 is 0 Å². The number of carbonyl (C=O) groups excluding carboxylic acids is 1. The number of nitrogens with zero attached hydrogens (tertiary/aromatic N) is 2. The second kappa shape index (κ2) is 6.22. The van der Waals surface area contributed by atoms with E-state index < -0.39 is 0 Å². The van der Waals surface area contributed by atoms with Crippen LogP contribution in [0.3, 0.4) is 0 Å². The molecule has 4 rings (SSSR count). The average Bonchev–Trinajstić information content (AvgIpc) is 3.18. The van der Waals surface area contributed by atoms with E-state index in [4.69, 9.17) is 4.42 Å². The molecule has 2 atom stereocenters. The highest BCUT2D eigenvalue weighted by Gasteiger charge is 2.34. The predicted molar refractivity (Wildman–Crippen MR) is 92.1 cm³/mol. The summed E-state index contributed by atoms with van der Waals surface area (Å²) < 4.78 is 5.81. The molecule has 2 fully saturated rings. The van der Waals surface area contributed by atoms with Crippen LogP contribution in [0.2, 0.25) is 0 Å². The fourth-order valence-corrected chi connectivity index (χ4v) is 4.13. The van der Waals surface area contributed by atoms with E-state index >= 15 is 0 Å². The van der Waals surface area contributed by atoms with E-state index in [9.17, 15) is 9.90 Å². The van der Waals surface area contributed by atoms with Crippen molar-refractivity contribution in [2.75, 3.05) is 26.2 Å². The van der Waals surface area contributed by atoms with E-state index in [-0.39, 0.29) is 18.1 Å². The van der Waals surface area contributed by atoms with E-state index in [1.807, 2.05) is 36.1 Å². The van der Waals surface area contributed by atoms with Crippen molar-refractivity contribution in [2.24, 2.45) is 0 Å². The van der Waals surface area contributed by atoms with Crippen LogP contribution in [0.5, 0.6) is 0 Å². The summed E-state index contributed by atoms with van der Waals surface area (Å²) in [6.45, 7) is 4.99. The molecule has 1 aromatic heterocycles. The summed E-state index contributed by atoms with van der Waals surface area (Å²) in [5.74, 6) is 0.445. The molecule has 0 unspecified atom stereocenters. The third kappa shape index (κ3) is 2.62. The van der Waals surface area contributed by atoms with Crippen molar-refractivity contribution >= 4 is 16.9 Å². The van der Waals surface area contributed by atoms with Crippen molar-refractivity contribution in [3.8, 4) is 0 Å². The number of aliphatic hydroxyl groups is 1. The Bertz CT molecular complexity index is 746. The number of piperazine rings is 1. The summed E-state index contributed by atoms with van der Waals surface area (Å²) in [5, 5.41) is 11.1. The summed E-state index contributed by atoms with van der Waals surface area (Å²) in [5.41, 5.74) is 1.69. The Balaban J connectivity index is 1.47. The number of aryl methyl sites for hydroxylation is 1. The first kappa shape index (κ1) is 15.7. The fourth-order valence-electron chi connectivity index (χ4n) is 4.13. The molecule has 0 radical (unpaired) electrons. The van der Waals surface area contributed by atoms with Gasteiger partial charge in [0, 0.05) is 43.2 Å². The van der Waals surface area contributed by atoms with Gasteiger partial charge in [0.25, 0.3) is 5.91 Å². The van der Waals surface area contributed by atoms with Crippen LogP contribution in [-0.2, 0) is 0 Å². The quantitative estimate of drug-likeness (QED) is 0.920. The fraction of sp³-hybridized carbons (Fsp3) is 0.526. The third-order valence-electron chi connectivity index (χ3n) is 5.55. The van der Waals surface area contributed by atoms with Crippen LogP contribution in [0.4, 0.5) is 0 Å². The number of hydrogen-bond acceptors (Lipinski definition) is 4. The first-order valence-electron chi connectivity index (χ1n) is 8.84. The van der Waals surface area contributed by atoms with Gasteiger partial charge in [-0.1, -0.05) is 18.2 Å². The van der Waals surface area contributed by atoms with Crippen molar-refractivity contribution in [1.82, 2.24) is 9.80 Å². The van der Waals surface area contributed by atoms with Gasteiger partial charge < -0.3 is 14.4 Å². The zero-order valence-electron chi connectivity index (χ0n) is 14.1. The van der Waals surface area contributed by atoms with Crippen molar-refractivity contribution < 1.29 is 14.3 Å². The Kier molecular flexibility index (Phi) is 4.06. The molecule has 1 aromatic carbocycles. The number of aliphatic hydroxyl groups excluding tert-OH is 1. The van der Waals surface area contributed by atoms with Crippen LogP contribution in [0, 0.1) is 6.92 Å². The third-order valence-corrected chi connectivity index (χ3v) is 5.55. The molecule has 0 spiro atoms. The zero-order valence-corrected chi connectivity index (χ0v) is 14.1. The Labute approximate surface area is 141 Å². The van der Waals surface area contributed by atoms with E-state index in [0.717, 1.165) is 48.9 Å². The monoisotopic (exact) mass is 328 g/mol. The largest absolute Gasteiger partial charge is 0.451 e. The molecule has 1 N–H and O–H groups in total. The minimum Gasteiger partial charge on any atom is -0.451 e. The summed E-state index contributed by atoms with van der Waals surface area (Å²) in [6, 6.07) is 8.05. The molecular formula is C19H24N2O3. The SMILES string of the molecule is Cc1c(C(=O)N2CCN([C@H]3CCC[C@H]3O)CC2)oc2ccccc12. The van der Waals surface area contributed by atoms with Crippen molar-refractivity contribution in [1.29, 1.82) is 0 Å². The Morgan fingerprint density at radius 2 is 1.92 bits per heavy atom. The zero-order chi connectivity index (χ0) is 16.7. The summed E-state index contributed by atoms with van der Waals surface area (Å²) >= 11 is 0. The van der Waals surface area contributed by atoms with E-state index in [2.05, 4.69) is 4.90 Å². The molecule has 2 heterocycles. The van der Waals surface area contributed by atoms with Crippen LogP contribution < -0.4 is 0 Å². The van der Waals surface area contributed by atoms with Gasteiger partial charge in [-0.2, -0.15) is 0 Å². The lowest BCUT2D eigenvalue weighted by atomic mass is 10.1. The maximum absolute atomic E-state index is 12.8.